The molecule has 0 saturated carbocycles. The summed E-state index contributed by atoms with van der Waals surface area (Å²) in [4.78, 5) is 11.4. The van der Waals surface area contributed by atoms with Crippen molar-refractivity contribution in [2.24, 2.45) is 5.73 Å². The summed E-state index contributed by atoms with van der Waals surface area (Å²) < 4.78 is 5.00. The number of esters is 1. The van der Waals surface area contributed by atoms with Crippen LogP contribution in [0.3, 0.4) is 0 Å². The van der Waals surface area contributed by atoms with Gasteiger partial charge in [-0.05, 0) is 19.4 Å². The van der Waals surface area contributed by atoms with Crippen LogP contribution >= 0.6 is 0 Å². The molecule has 14 heavy (non-hydrogen) atoms. The molecule has 0 fully saturated rings. The van der Waals surface area contributed by atoms with Gasteiger partial charge in [0.05, 0.1) is 6.10 Å². The Balaban J connectivity index is 2.66. The molecule has 3 heteroatoms. The van der Waals surface area contributed by atoms with Crippen LogP contribution in [0.1, 0.15) is 25.5 Å². The highest BCUT2D eigenvalue weighted by Crippen LogP contribution is 2.11. The number of benzene rings is 1. The van der Waals surface area contributed by atoms with E-state index in [0.29, 0.717) is 0 Å². The Bertz CT molecular complexity index is 295. The van der Waals surface area contributed by atoms with E-state index >= 15 is 0 Å². The van der Waals surface area contributed by atoms with Crippen LogP contribution < -0.4 is 5.73 Å². The molecule has 0 radical (unpaired) electrons. The lowest BCUT2D eigenvalue weighted by molar-refractivity contribution is -0.149. The van der Waals surface area contributed by atoms with E-state index in [4.69, 9.17) is 10.5 Å². The third-order valence-electron chi connectivity index (χ3n) is 1.76. The predicted octanol–water partition coefficient (Wildman–Crippen LogP) is 1.64. The topological polar surface area (TPSA) is 52.3 Å². The molecule has 0 unspecified atom stereocenters. The van der Waals surface area contributed by atoms with Gasteiger partial charge >= 0.3 is 5.97 Å². The lowest BCUT2D eigenvalue weighted by Gasteiger charge is -2.13. The molecule has 0 amide bonds. The second-order valence-electron chi connectivity index (χ2n) is 3.37. The zero-order chi connectivity index (χ0) is 10.6. The van der Waals surface area contributed by atoms with Crippen molar-refractivity contribution in [1.29, 1.82) is 0 Å². The molecule has 0 aliphatic rings. The summed E-state index contributed by atoms with van der Waals surface area (Å²) in [5.74, 6) is -0.383. The van der Waals surface area contributed by atoms with E-state index in [-0.39, 0.29) is 12.1 Å². The van der Waals surface area contributed by atoms with E-state index in [1.54, 1.807) is 13.8 Å². The Kier molecular flexibility index (Phi) is 3.65. The number of ether oxygens (including phenoxy) is 1. The zero-order valence-corrected chi connectivity index (χ0v) is 8.44. The van der Waals surface area contributed by atoms with E-state index in [0.717, 1.165) is 5.56 Å². The summed E-state index contributed by atoms with van der Waals surface area (Å²) in [6.07, 6.45) is -0.128. The fourth-order valence-electron chi connectivity index (χ4n) is 1.10. The molecular formula is C11H15NO2. The van der Waals surface area contributed by atoms with Crippen molar-refractivity contribution in [3.8, 4) is 0 Å². The van der Waals surface area contributed by atoms with Crippen molar-refractivity contribution < 1.29 is 9.53 Å². The number of nitrogens with two attached hydrogens (primary N) is 1. The standard InChI is InChI=1S/C11H15NO2/c1-8(2)14-11(13)10(12)9-6-4-3-5-7-9/h3-8,10H,12H2,1-2H3/t10-/m1/s1. The normalized spacial score (nSPS) is 12.6. The van der Waals surface area contributed by atoms with E-state index in [2.05, 4.69) is 0 Å². The molecule has 0 spiro atoms. The van der Waals surface area contributed by atoms with Crippen molar-refractivity contribution in [1.82, 2.24) is 0 Å². The van der Waals surface area contributed by atoms with Crippen LogP contribution in [0, 0.1) is 0 Å². The molecule has 1 aromatic rings. The van der Waals surface area contributed by atoms with Crippen molar-refractivity contribution in [2.75, 3.05) is 0 Å². The molecule has 0 aliphatic heterocycles. The highest BCUT2D eigenvalue weighted by molar-refractivity contribution is 5.77. The zero-order valence-electron chi connectivity index (χ0n) is 8.44. The smallest absolute Gasteiger partial charge is 0.327 e. The van der Waals surface area contributed by atoms with Gasteiger partial charge in [0.25, 0.3) is 0 Å². The maximum atomic E-state index is 11.4. The van der Waals surface area contributed by atoms with E-state index in [1.165, 1.54) is 0 Å². The first-order valence-corrected chi connectivity index (χ1v) is 4.62. The van der Waals surface area contributed by atoms with Gasteiger partial charge in [-0.25, -0.2) is 4.79 Å². The first-order valence-electron chi connectivity index (χ1n) is 4.62. The molecule has 0 heterocycles. The molecule has 2 N–H and O–H groups in total. The Labute approximate surface area is 83.9 Å². The fraction of sp³-hybridized carbons (Fsp3) is 0.364. The summed E-state index contributed by atoms with van der Waals surface area (Å²) >= 11 is 0. The van der Waals surface area contributed by atoms with Gasteiger partial charge in [-0.1, -0.05) is 30.3 Å². The summed E-state index contributed by atoms with van der Waals surface area (Å²) in [7, 11) is 0. The Morgan fingerprint density at radius 3 is 2.36 bits per heavy atom. The van der Waals surface area contributed by atoms with Crippen molar-refractivity contribution in [3.63, 3.8) is 0 Å². The molecule has 0 aromatic heterocycles. The minimum absolute atomic E-state index is 0.128. The first kappa shape index (κ1) is 10.7. The van der Waals surface area contributed by atoms with Crippen LogP contribution in [0.4, 0.5) is 0 Å². The summed E-state index contributed by atoms with van der Waals surface area (Å²) in [5.41, 5.74) is 6.49. The van der Waals surface area contributed by atoms with E-state index in [1.807, 2.05) is 30.3 Å². The van der Waals surface area contributed by atoms with Crippen LogP contribution in [-0.4, -0.2) is 12.1 Å². The second kappa shape index (κ2) is 4.77. The van der Waals surface area contributed by atoms with Gasteiger partial charge in [0.15, 0.2) is 0 Å². The molecule has 1 atom stereocenters. The third-order valence-corrected chi connectivity index (χ3v) is 1.76. The minimum Gasteiger partial charge on any atom is -0.462 e. The number of hydrogen-bond acceptors (Lipinski definition) is 3. The van der Waals surface area contributed by atoms with Crippen molar-refractivity contribution >= 4 is 5.97 Å². The molecule has 0 aliphatic carbocycles. The quantitative estimate of drug-likeness (QED) is 0.742. The molecule has 1 aromatic carbocycles. The van der Waals surface area contributed by atoms with E-state index in [9.17, 15) is 4.79 Å². The average molecular weight is 193 g/mol. The van der Waals surface area contributed by atoms with Gasteiger partial charge in [0.2, 0.25) is 0 Å². The largest absolute Gasteiger partial charge is 0.462 e. The molecule has 76 valence electrons. The monoisotopic (exact) mass is 193 g/mol. The maximum Gasteiger partial charge on any atom is 0.327 e. The van der Waals surface area contributed by atoms with Gasteiger partial charge < -0.3 is 10.5 Å². The number of carbonyl (C=O) groups is 1. The van der Waals surface area contributed by atoms with Gasteiger partial charge in [-0.2, -0.15) is 0 Å². The molecule has 0 bridgehead atoms. The summed E-state index contributed by atoms with van der Waals surface area (Å²) in [5, 5.41) is 0. The van der Waals surface area contributed by atoms with Gasteiger partial charge in [0, 0.05) is 0 Å². The van der Waals surface area contributed by atoms with Gasteiger partial charge in [-0.15, -0.1) is 0 Å². The summed E-state index contributed by atoms with van der Waals surface area (Å²) in [6, 6.07) is 8.51. The minimum atomic E-state index is -0.682. The van der Waals surface area contributed by atoms with E-state index < -0.39 is 6.04 Å². The average Bonchev–Trinajstić information content (AvgIpc) is 2.17. The maximum absolute atomic E-state index is 11.4. The van der Waals surface area contributed by atoms with Crippen LogP contribution in [-0.2, 0) is 9.53 Å². The third kappa shape index (κ3) is 2.85. The van der Waals surface area contributed by atoms with Crippen molar-refractivity contribution in [2.45, 2.75) is 26.0 Å². The Morgan fingerprint density at radius 1 is 1.29 bits per heavy atom. The number of rotatable bonds is 3. The predicted molar refractivity (Wildman–Crippen MR) is 54.6 cm³/mol. The lowest BCUT2D eigenvalue weighted by atomic mass is 10.1. The molecule has 0 saturated heterocycles. The van der Waals surface area contributed by atoms with Crippen LogP contribution in [0.5, 0.6) is 0 Å². The Hall–Kier alpha value is -1.35. The van der Waals surface area contributed by atoms with Gasteiger partial charge in [-0.3, -0.25) is 0 Å². The lowest BCUT2D eigenvalue weighted by Crippen LogP contribution is -2.25. The fourth-order valence-corrected chi connectivity index (χ4v) is 1.10. The molecule has 1 rings (SSSR count). The van der Waals surface area contributed by atoms with Crippen LogP contribution in [0.15, 0.2) is 30.3 Å². The first-order chi connectivity index (χ1) is 6.61. The second-order valence-corrected chi connectivity index (χ2v) is 3.37. The molecule has 3 nitrogen and oxygen atoms in total. The number of hydrogen-bond donors (Lipinski definition) is 1. The Morgan fingerprint density at radius 2 is 1.86 bits per heavy atom. The van der Waals surface area contributed by atoms with Crippen LogP contribution in [0.25, 0.3) is 0 Å². The van der Waals surface area contributed by atoms with Crippen LogP contribution in [0.2, 0.25) is 0 Å². The molecular weight excluding hydrogens is 178 g/mol. The number of carbonyl (C=O) groups excluding carboxylic acids is 1. The highest BCUT2D eigenvalue weighted by Gasteiger charge is 2.17. The highest BCUT2D eigenvalue weighted by atomic mass is 16.5. The van der Waals surface area contributed by atoms with Crippen molar-refractivity contribution in [3.05, 3.63) is 35.9 Å². The van der Waals surface area contributed by atoms with Gasteiger partial charge in [0.1, 0.15) is 6.04 Å². The SMILES string of the molecule is CC(C)OC(=O)[C@H](N)c1ccccc1. The summed E-state index contributed by atoms with van der Waals surface area (Å²) in [6.45, 7) is 3.60.